The van der Waals surface area contributed by atoms with Gasteiger partial charge < -0.3 is 9.30 Å². The highest BCUT2D eigenvalue weighted by Crippen LogP contribution is 2.29. The van der Waals surface area contributed by atoms with Gasteiger partial charge in [-0.15, -0.1) is 0 Å². The van der Waals surface area contributed by atoms with Crippen molar-refractivity contribution in [3.63, 3.8) is 0 Å². The summed E-state index contributed by atoms with van der Waals surface area (Å²) in [6.45, 7) is 13.7. The van der Waals surface area contributed by atoms with Gasteiger partial charge in [0.1, 0.15) is 0 Å². The fourth-order valence-corrected chi connectivity index (χ4v) is 5.77. The first kappa shape index (κ1) is 21.1. The van der Waals surface area contributed by atoms with E-state index in [0.717, 1.165) is 63.7 Å². The van der Waals surface area contributed by atoms with Crippen LogP contribution >= 0.6 is 11.3 Å². The van der Waals surface area contributed by atoms with Crippen molar-refractivity contribution in [2.24, 2.45) is 0 Å². The van der Waals surface area contributed by atoms with Crippen LogP contribution in [0.4, 0.5) is 5.69 Å². The Labute approximate surface area is 192 Å². The number of aromatic nitrogens is 3. The van der Waals surface area contributed by atoms with E-state index >= 15 is 0 Å². The summed E-state index contributed by atoms with van der Waals surface area (Å²) in [6, 6.07) is 9.43. The molecule has 166 valence electrons. The number of aryl methyl sites for hydroxylation is 2. The number of anilines is 1. The zero-order valence-corrected chi connectivity index (χ0v) is 20.1. The van der Waals surface area contributed by atoms with E-state index in [4.69, 9.17) is 4.98 Å². The standard InChI is InChI=1S/C25H29N5OS/c1-15(2)30-9-8-28(13-17(30)4)20-7-6-19-10-23(32-25(31)21(19)11-20)22-14-29-12-16(3)26-18(5)24(29)27-22/h6-7,10-12,14-15,17H,8-9,13H2,1-5H3/t17-/m1/s1. The largest absolute Gasteiger partial charge is 0.369 e. The highest BCUT2D eigenvalue weighted by atomic mass is 32.1. The third kappa shape index (κ3) is 3.69. The lowest BCUT2D eigenvalue weighted by Crippen LogP contribution is -2.54. The van der Waals surface area contributed by atoms with Crippen LogP contribution in [0.2, 0.25) is 0 Å². The summed E-state index contributed by atoms with van der Waals surface area (Å²) in [5.74, 6) is 0. The molecule has 1 saturated heterocycles. The summed E-state index contributed by atoms with van der Waals surface area (Å²) in [5.41, 5.74) is 4.61. The summed E-state index contributed by atoms with van der Waals surface area (Å²) in [4.78, 5) is 28.2. The Balaban J connectivity index is 1.49. The minimum Gasteiger partial charge on any atom is -0.369 e. The molecule has 1 atom stereocenters. The lowest BCUT2D eigenvalue weighted by molar-refractivity contribution is 0.148. The molecule has 5 rings (SSSR count). The molecule has 0 saturated carbocycles. The molecule has 1 aliphatic rings. The average Bonchev–Trinajstić information content (AvgIpc) is 3.17. The van der Waals surface area contributed by atoms with Gasteiger partial charge in [-0.2, -0.15) is 0 Å². The number of imidazole rings is 1. The molecule has 0 bridgehead atoms. The molecule has 1 fully saturated rings. The maximum absolute atomic E-state index is 13.1. The lowest BCUT2D eigenvalue weighted by Gasteiger charge is -2.43. The highest BCUT2D eigenvalue weighted by Gasteiger charge is 2.25. The van der Waals surface area contributed by atoms with Crippen molar-refractivity contribution >= 4 is 33.4 Å². The third-order valence-electron chi connectivity index (χ3n) is 6.43. The Morgan fingerprint density at radius 1 is 1.09 bits per heavy atom. The second kappa shape index (κ2) is 7.98. The van der Waals surface area contributed by atoms with Gasteiger partial charge in [0.05, 0.1) is 22.0 Å². The van der Waals surface area contributed by atoms with Crippen molar-refractivity contribution in [3.05, 3.63) is 57.6 Å². The highest BCUT2D eigenvalue weighted by molar-refractivity contribution is 7.13. The molecule has 0 amide bonds. The van der Waals surface area contributed by atoms with E-state index in [1.807, 2.05) is 30.6 Å². The molecule has 0 N–H and O–H groups in total. The minimum absolute atomic E-state index is 0.0799. The van der Waals surface area contributed by atoms with Crippen molar-refractivity contribution in [2.45, 2.75) is 46.7 Å². The van der Waals surface area contributed by atoms with Crippen molar-refractivity contribution in [1.82, 2.24) is 19.3 Å². The van der Waals surface area contributed by atoms with Crippen LogP contribution in [0.3, 0.4) is 0 Å². The van der Waals surface area contributed by atoms with E-state index in [2.05, 4.69) is 59.8 Å². The summed E-state index contributed by atoms with van der Waals surface area (Å²) >= 11 is 1.27. The van der Waals surface area contributed by atoms with Crippen molar-refractivity contribution in [3.8, 4) is 10.6 Å². The SMILES string of the molecule is Cc1cn2cc(-c3cc4ccc(N5CCN(C(C)C)[C@H](C)C5)cc4c(=O)s3)nc2c(C)n1. The van der Waals surface area contributed by atoms with Crippen molar-refractivity contribution in [2.75, 3.05) is 24.5 Å². The molecule has 1 aliphatic heterocycles. The molecule has 0 unspecified atom stereocenters. The maximum Gasteiger partial charge on any atom is 0.240 e. The van der Waals surface area contributed by atoms with Gasteiger partial charge >= 0.3 is 0 Å². The molecule has 7 heteroatoms. The van der Waals surface area contributed by atoms with Crippen LogP contribution < -0.4 is 9.64 Å². The minimum atomic E-state index is 0.0799. The molecule has 1 aromatic carbocycles. The van der Waals surface area contributed by atoms with Gasteiger partial charge in [-0.3, -0.25) is 14.7 Å². The lowest BCUT2D eigenvalue weighted by atomic mass is 10.1. The number of piperazine rings is 1. The van der Waals surface area contributed by atoms with Gasteiger partial charge in [-0.05, 0) is 58.2 Å². The van der Waals surface area contributed by atoms with Crippen LogP contribution in [0.5, 0.6) is 0 Å². The Bertz CT molecular complexity index is 1370. The Hall–Kier alpha value is -2.77. The van der Waals surface area contributed by atoms with Gasteiger partial charge in [-0.25, -0.2) is 4.98 Å². The number of fused-ring (bicyclic) bond motifs is 2. The molecule has 0 spiro atoms. The summed E-state index contributed by atoms with van der Waals surface area (Å²) in [5, 5.41) is 1.75. The second-order valence-electron chi connectivity index (χ2n) is 9.12. The van der Waals surface area contributed by atoms with Crippen molar-refractivity contribution in [1.29, 1.82) is 0 Å². The number of benzene rings is 1. The maximum atomic E-state index is 13.1. The summed E-state index contributed by atoms with van der Waals surface area (Å²) in [6.07, 6.45) is 3.95. The predicted molar refractivity (Wildman–Crippen MR) is 133 cm³/mol. The van der Waals surface area contributed by atoms with Gasteiger partial charge in [0, 0.05) is 55.2 Å². The topological polar surface area (TPSA) is 53.7 Å². The smallest absolute Gasteiger partial charge is 0.240 e. The van der Waals surface area contributed by atoms with E-state index in [1.165, 1.54) is 11.3 Å². The number of nitrogens with zero attached hydrogens (tertiary/aromatic N) is 5. The normalized spacial score (nSPS) is 17.7. The molecular formula is C25H29N5OS. The first-order chi connectivity index (χ1) is 15.3. The summed E-state index contributed by atoms with van der Waals surface area (Å²) < 4.78 is 2.08. The quantitative estimate of drug-likeness (QED) is 0.463. The first-order valence-corrected chi connectivity index (χ1v) is 12.0. The van der Waals surface area contributed by atoms with Crippen LogP contribution in [-0.4, -0.2) is 51.0 Å². The van der Waals surface area contributed by atoms with Crippen molar-refractivity contribution < 1.29 is 0 Å². The molecular weight excluding hydrogens is 418 g/mol. The molecule has 3 aromatic heterocycles. The van der Waals surface area contributed by atoms with Crippen LogP contribution in [0, 0.1) is 13.8 Å². The third-order valence-corrected chi connectivity index (χ3v) is 7.38. The van der Waals surface area contributed by atoms with Crippen LogP contribution in [-0.2, 0) is 0 Å². The molecule has 6 nitrogen and oxygen atoms in total. The average molecular weight is 448 g/mol. The monoisotopic (exact) mass is 447 g/mol. The Kier molecular flexibility index (Phi) is 5.26. The van der Waals surface area contributed by atoms with Gasteiger partial charge in [0.2, 0.25) is 4.74 Å². The zero-order chi connectivity index (χ0) is 22.6. The van der Waals surface area contributed by atoms with E-state index in [-0.39, 0.29) is 4.74 Å². The Morgan fingerprint density at radius 2 is 1.91 bits per heavy atom. The van der Waals surface area contributed by atoms with Gasteiger partial charge in [-0.1, -0.05) is 17.4 Å². The number of rotatable bonds is 3. The van der Waals surface area contributed by atoms with E-state index in [9.17, 15) is 4.79 Å². The fourth-order valence-electron chi connectivity index (χ4n) is 4.89. The van der Waals surface area contributed by atoms with Gasteiger partial charge in [0.15, 0.2) is 5.65 Å². The molecule has 0 aliphatic carbocycles. The van der Waals surface area contributed by atoms with Crippen LogP contribution in [0.1, 0.15) is 32.2 Å². The van der Waals surface area contributed by atoms with Crippen LogP contribution in [0.25, 0.3) is 27.0 Å². The second-order valence-corrected chi connectivity index (χ2v) is 10.1. The predicted octanol–water partition coefficient (Wildman–Crippen LogP) is 4.51. The first-order valence-electron chi connectivity index (χ1n) is 11.2. The summed E-state index contributed by atoms with van der Waals surface area (Å²) in [7, 11) is 0. The zero-order valence-electron chi connectivity index (χ0n) is 19.3. The molecule has 4 aromatic rings. The van der Waals surface area contributed by atoms with Gasteiger partial charge in [0.25, 0.3) is 0 Å². The molecule has 4 heterocycles. The fraction of sp³-hybridized carbons (Fsp3) is 0.400. The number of hydrogen-bond donors (Lipinski definition) is 0. The van der Waals surface area contributed by atoms with E-state index in [1.54, 1.807) is 0 Å². The Morgan fingerprint density at radius 3 is 2.66 bits per heavy atom. The van der Waals surface area contributed by atoms with Crippen LogP contribution in [0.15, 0.2) is 41.5 Å². The van der Waals surface area contributed by atoms with E-state index in [0.29, 0.717) is 12.1 Å². The number of hydrogen-bond acceptors (Lipinski definition) is 6. The molecule has 0 radical (unpaired) electrons. The van der Waals surface area contributed by atoms with E-state index < -0.39 is 0 Å². The molecule has 32 heavy (non-hydrogen) atoms.